The average Bonchev–Trinajstić information content (AvgIpc) is 2.88. The Balaban J connectivity index is 1.62. The third-order valence-electron chi connectivity index (χ3n) is 3.58. The minimum atomic E-state index is -0.517. The second kappa shape index (κ2) is 6.30. The highest BCUT2D eigenvalue weighted by Gasteiger charge is 2.22. The zero-order chi connectivity index (χ0) is 14.8. The van der Waals surface area contributed by atoms with E-state index >= 15 is 0 Å². The van der Waals surface area contributed by atoms with E-state index in [0.29, 0.717) is 22.6 Å². The number of hydrogen-bond donors (Lipinski definition) is 1. The normalized spacial score (nSPS) is 18.3. The molecule has 0 bridgehead atoms. The highest BCUT2D eigenvalue weighted by Crippen LogP contribution is 2.37. The molecule has 0 saturated carbocycles. The topological polar surface area (TPSA) is 29.5 Å². The Hall–Kier alpha value is -1.16. The van der Waals surface area contributed by atoms with E-state index in [0.717, 1.165) is 12.0 Å². The van der Waals surface area contributed by atoms with Crippen LogP contribution >= 0.6 is 23.4 Å². The number of benzene rings is 2. The van der Waals surface area contributed by atoms with Crippen LogP contribution in [0.2, 0.25) is 5.02 Å². The summed E-state index contributed by atoms with van der Waals surface area (Å²) in [5.74, 6) is 0.678. The molecular formula is C17H17ClO2S. The number of hydrogen-bond acceptors (Lipinski definition) is 3. The van der Waals surface area contributed by atoms with Crippen LogP contribution in [0.25, 0.3) is 0 Å². The fourth-order valence-corrected chi connectivity index (χ4v) is 3.89. The predicted molar refractivity (Wildman–Crippen MR) is 87.4 cm³/mol. The number of aliphatic hydroxyl groups excluding tert-OH is 1. The van der Waals surface area contributed by atoms with Gasteiger partial charge in [-0.1, -0.05) is 35.9 Å². The zero-order valence-corrected chi connectivity index (χ0v) is 13.3. The van der Waals surface area contributed by atoms with E-state index < -0.39 is 6.10 Å². The number of fused-ring (bicyclic) bond motifs is 1. The Morgan fingerprint density at radius 2 is 2.14 bits per heavy atom. The standard InChI is InChI=1S/C17H17ClO2S/c1-11(19)12-6-7-16(15(18)9-12)20-10-14-8-13-4-2-3-5-17(13)21-14/h2-7,9,11,14,19H,8,10H2,1H3/t11-,14?/m1/s1. The van der Waals surface area contributed by atoms with E-state index in [-0.39, 0.29) is 0 Å². The van der Waals surface area contributed by atoms with Gasteiger partial charge in [-0.3, -0.25) is 0 Å². The van der Waals surface area contributed by atoms with Crippen LogP contribution < -0.4 is 4.74 Å². The van der Waals surface area contributed by atoms with Crippen molar-refractivity contribution in [3.05, 3.63) is 58.6 Å². The number of rotatable bonds is 4. The summed E-state index contributed by atoms with van der Waals surface area (Å²) in [5.41, 5.74) is 2.20. The van der Waals surface area contributed by atoms with Gasteiger partial charge in [0.25, 0.3) is 0 Å². The number of aliphatic hydroxyl groups is 1. The summed E-state index contributed by atoms with van der Waals surface area (Å²) in [6.07, 6.45) is 0.515. The SMILES string of the molecule is C[C@@H](O)c1ccc(OCC2Cc3ccccc3S2)c(Cl)c1. The van der Waals surface area contributed by atoms with Crippen LogP contribution in [0.3, 0.4) is 0 Å². The average molecular weight is 321 g/mol. The van der Waals surface area contributed by atoms with Gasteiger partial charge >= 0.3 is 0 Å². The van der Waals surface area contributed by atoms with Crippen molar-refractivity contribution in [2.45, 2.75) is 29.6 Å². The molecule has 21 heavy (non-hydrogen) atoms. The van der Waals surface area contributed by atoms with E-state index in [1.54, 1.807) is 13.0 Å². The molecule has 4 heteroatoms. The first-order valence-electron chi connectivity index (χ1n) is 6.98. The molecule has 0 spiro atoms. The van der Waals surface area contributed by atoms with Crippen LogP contribution in [0.4, 0.5) is 0 Å². The van der Waals surface area contributed by atoms with E-state index in [9.17, 15) is 5.11 Å². The molecule has 2 aromatic carbocycles. The summed E-state index contributed by atoms with van der Waals surface area (Å²) in [4.78, 5) is 1.35. The van der Waals surface area contributed by atoms with Crippen LogP contribution in [-0.4, -0.2) is 17.0 Å². The molecule has 0 fully saturated rings. The highest BCUT2D eigenvalue weighted by atomic mass is 35.5. The van der Waals surface area contributed by atoms with Gasteiger partial charge in [-0.25, -0.2) is 0 Å². The summed E-state index contributed by atoms with van der Waals surface area (Å²) in [6.45, 7) is 2.35. The number of thioether (sulfide) groups is 1. The van der Waals surface area contributed by atoms with Crippen LogP contribution in [0.5, 0.6) is 5.75 Å². The van der Waals surface area contributed by atoms with Crippen molar-refractivity contribution >= 4 is 23.4 Å². The molecule has 2 atom stereocenters. The van der Waals surface area contributed by atoms with Gasteiger partial charge in [-0.05, 0) is 42.7 Å². The summed E-state index contributed by atoms with van der Waals surface area (Å²) in [6, 6.07) is 13.9. The quantitative estimate of drug-likeness (QED) is 0.900. The fraction of sp³-hybridized carbons (Fsp3) is 0.294. The van der Waals surface area contributed by atoms with Crippen LogP contribution in [0.1, 0.15) is 24.2 Å². The Bertz CT molecular complexity index is 617. The molecule has 1 aliphatic heterocycles. The molecule has 0 aliphatic carbocycles. The minimum Gasteiger partial charge on any atom is -0.491 e. The summed E-state index contributed by atoms with van der Waals surface area (Å²) >= 11 is 8.07. The molecule has 0 amide bonds. The summed E-state index contributed by atoms with van der Waals surface area (Å²) in [7, 11) is 0. The maximum atomic E-state index is 9.54. The molecular weight excluding hydrogens is 304 g/mol. The van der Waals surface area contributed by atoms with Crippen molar-refractivity contribution in [1.82, 2.24) is 0 Å². The van der Waals surface area contributed by atoms with Gasteiger partial charge in [-0.2, -0.15) is 0 Å². The lowest BCUT2D eigenvalue weighted by atomic mass is 10.1. The van der Waals surface area contributed by atoms with E-state index in [1.807, 2.05) is 23.9 Å². The summed E-state index contributed by atoms with van der Waals surface area (Å²) < 4.78 is 5.85. The second-order valence-corrected chi connectivity index (χ2v) is 6.98. The highest BCUT2D eigenvalue weighted by molar-refractivity contribution is 8.00. The Labute approximate surface area is 134 Å². The van der Waals surface area contributed by atoms with E-state index in [2.05, 4.69) is 24.3 Å². The Morgan fingerprint density at radius 3 is 2.86 bits per heavy atom. The molecule has 0 radical (unpaired) electrons. The van der Waals surface area contributed by atoms with E-state index in [4.69, 9.17) is 16.3 Å². The lowest BCUT2D eigenvalue weighted by Gasteiger charge is -2.13. The summed E-state index contributed by atoms with van der Waals surface area (Å²) in [5, 5.41) is 10.5. The van der Waals surface area contributed by atoms with Gasteiger partial charge in [0.2, 0.25) is 0 Å². The first-order chi connectivity index (χ1) is 10.1. The van der Waals surface area contributed by atoms with Crippen molar-refractivity contribution in [2.75, 3.05) is 6.61 Å². The zero-order valence-electron chi connectivity index (χ0n) is 11.8. The predicted octanol–water partition coefficient (Wildman–Crippen LogP) is 4.49. The molecule has 1 N–H and O–H groups in total. The van der Waals surface area contributed by atoms with Crippen molar-refractivity contribution in [2.24, 2.45) is 0 Å². The monoisotopic (exact) mass is 320 g/mol. The van der Waals surface area contributed by atoms with Gasteiger partial charge in [0.1, 0.15) is 12.4 Å². The molecule has 0 aromatic heterocycles. The third kappa shape index (κ3) is 3.37. The lowest BCUT2D eigenvalue weighted by molar-refractivity contribution is 0.199. The molecule has 1 unspecified atom stereocenters. The molecule has 110 valence electrons. The maximum Gasteiger partial charge on any atom is 0.137 e. The lowest BCUT2D eigenvalue weighted by Crippen LogP contribution is -2.13. The second-order valence-electron chi connectivity index (χ2n) is 5.23. The van der Waals surface area contributed by atoms with Gasteiger partial charge in [0, 0.05) is 10.1 Å². The fourth-order valence-electron chi connectivity index (χ4n) is 2.42. The molecule has 1 heterocycles. The largest absolute Gasteiger partial charge is 0.491 e. The van der Waals surface area contributed by atoms with Crippen LogP contribution in [-0.2, 0) is 6.42 Å². The van der Waals surface area contributed by atoms with Crippen LogP contribution in [0.15, 0.2) is 47.4 Å². The Morgan fingerprint density at radius 1 is 1.33 bits per heavy atom. The van der Waals surface area contributed by atoms with Crippen molar-refractivity contribution < 1.29 is 9.84 Å². The Kier molecular flexibility index (Phi) is 4.43. The first kappa shape index (κ1) is 14.8. The molecule has 1 aliphatic rings. The van der Waals surface area contributed by atoms with Crippen molar-refractivity contribution in [3.8, 4) is 5.75 Å². The van der Waals surface area contributed by atoms with Gasteiger partial charge in [0.15, 0.2) is 0 Å². The smallest absolute Gasteiger partial charge is 0.137 e. The molecule has 0 saturated heterocycles. The molecule has 2 nitrogen and oxygen atoms in total. The molecule has 2 aromatic rings. The number of ether oxygens (including phenoxy) is 1. The van der Waals surface area contributed by atoms with Gasteiger partial charge < -0.3 is 9.84 Å². The number of halogens is 1. The van der Waals surface area contributed by atoms with E-state index in [1.165, 1.54) is 10.5 Å². The maximum absolute atomic E-state index is 9.54. The van der Waals surface area contributed by atoms with Gasteiger partial charge in [0.05, 0.1) is 11.1 Å². The molecule has 3 rings (SSSR count). The third-order valence-corrected chi connectivity index (χ3v) is 5.16. The minimum absolute atomic E-state index is 0.426. The first-order valence-corrected chi connectivity index (χ1v) is 8.24. The van der Waals surface area contributed by atoms with Crippen molar-refractivity contribution in [1.29, 1.82) is 0 Å². The van der Waals surface area contributed by atoms with Gasteiger partial charge in [-0.15, -0.1) is 11.8 Å². The van der Waals surface area contributed by atoms with Crippen molar-refractivity contribution in [3.63, 3.8) is 0 Å². The van der Waals surface area contributed by atoms with Crippen LogP contribution in [0, 0.1) is 0 Å².